The zero-order valence-corrected chi connectivity index (χ0v) is 13.2. The van der Waals surface area contributed by atoms with Crippen LogP contribution in [0.25, 0.3) is 11.2 Å². The summed E-state index contributed by atoms with van der Waals surface area (Å²) in [4.78, 5) is 11.3. The summed E-state index contributed by atoms with van der Waals surface area (Å²) in [6, 6.07) is 4.05. The first-order valence-corrected chi connectivity index (χ1v) is 7.22. The van der Waals surface area contributed by atoms with Crippen molar-refractivity contribution in [1.82, 2.24) is 19.4 Å². The van der Waals surface area contributed by atoms with Crippen LogP contribution in [0.5, 0.6) is 5.88 Å². The third kappa shape index (κ3) is 3.04. The molecule has 0 saturated heterocycles. The highest BCUT2D eigenvalue weighted by molar-refractivity contribution is 6.17. The maximum Gasteiger partial charge on any atom is 0.215 e. The average molecular weight is 297 g/mol. The van der Waals surface area contributed by atoms with E-state index in [0.717, 1.165) is 30.0 Å². The van der Waals surface area contributed by atoms with Crippen LogP contribution in [-0.2, 0) is 6.42 Å². The van der Waals surface area contributed by atoms with Crippen molar-refractivity contribution in [2.75, 3.05) is 33.6 Å². The number of aromatic nitrogens is 3. The number of hydrogen-bond donors (Lipinski definition) is 0. The number of nitrogens with zero attached hydrogens (tertiary/aromatic N) is 4. The van der Waals surface area contributed by atoms with Crippen molar-refractivity contribution in [2.24, 2.45) is 0 Å². The predicted molar refractivity (Wildman–Crippen MR) is 81.8 cm³/mol. The van der Waals surface area contributed by atoms with Gasteiger partial charge in [0.1, 0.15) is 11.3 Å². The van der Waals surface area contributed by atoms with Crippen molar-refractivity contribution in [1.29, 1.82) is 0 Å². The van der Waals surface area contributed by atoms with Crippen LogP contribution in [0.1, 0.15) is 18.8 Å². The van der Waals surface area contributed by atoms with E-state index in [1.807, 2.05) is 12.1 Å². The lowest BCUT2D eigenvalue weighted by Gasteiger charge is -2.20. The molecular formula is C14H21ClN4O. The van der Waals surface area contributed by atoms with Gasteiger partial charge in [0.25, 0.3) is 0 Å². The molecule has 0 fully saturated rings. The minimum atomic E-state index is 0.271. The summed E-state index contributed by atoms with van der Waals surface area (Å²) < 4.78 is 7.39. The van der Waals surface area contributed by atoms with Gasteiger partial charge < -0.3 is 14.2 Å². The number of hydrogen-bond acceptors (Lipinski definition) is 4. The molecule has 6 heteroatoms. The maximum atomic E-state index is 5.90. The minimum absolute atomic E-state index is 0.271. The molecule has 0 aliphatic rings. The molecule has 0 aliphatic heterocycles. The van der Waals surface area contributed by atoms with Gasteiger partial charge in [-0.3, -0.25) is 0 Å². The number of aryl methyl sites for hydroxylation is 1. The SMILES string of the molecule is COc1ccc2nc(CCCl)n(C(C)CN(C)C)c2n1. The van der Waals surface area contributed by atoms with Gasteiger partial charge in [-0.2, -0.15) is 4.98 Å². The summed E-state index contributed by atoms with van der Waals surface area (Å²) in [6.45, 7) is 3.08. The Morgan fingerprint density at radius 2 is 2.10 bits per heavy atom. The minimum Gasteiger partial charge on any atom is -0.481 e. The molecule has 5 nitrogen and oxygen atoms in total. The van der Waals surface area contributed by atoms with E-state index in [0.29, 0.717) is 11.8 Å². The molecule has 0 spiro atoms. The Labute approximate surface area is 124 Å². The number of likely N-dealkylation sites (N-methyl/N-ethyl adjacent to an activating group) is 1. The van der Waals surface area contributed by atoms with Crippen LogP contribution >= 0.6 is 11.6 Å². The fraction of sp³-hybridized carbons (Fsp3) is 0.571. The molecule has 110 valence electrons. The Morgan fingerprint density at radius 3 is 2.70 bits per heavy atom. The molecule has 20 heavy (non-hydrogen) atoms. The topological polar surface area (TPSA) is 43.2 Å². The zero-order chi connectivity index (χ0) is 14.7. The summed E-state index contributed by atoms with van der Waals surface area (Å²) in [6.07, 6.45) is 0.734. The highest BCUT2D eigenvalue weighted by Gasteiger charge is 2.17. The fourth-order valence-electron chi connectivity index (χ4n) is 2.45. The molecule has 2 heterocycles. The summed E-state index contributed by atoms with van der Waals surface area (Å²) in [5.74, 6) is 2.13. The molecule has 1 unspecified atom stereocenters. The van der Waals surface area contributed by atoms with Crippen LogP contribution in [0.15, 0.2) is 12.1 Å². The van der Waals surface area contributed by atoms with Gasteiger partial charge in [-0.25, -0.2) is 4.98 Å². The molecule has 1 atom stereocenters. The molecular weight excluding hydrogens is 276 g/mol. The Kier molecular flexibility index (Phi) is 4.83. The van der Waals surface area contributed by atoms with Gasteiger partial charge in [-0.1, -0.05) is 0 Å². The summed E-state index contributed by atoms with van der Waals surface area (Å²) in [5, 5.41) is 0. The molecule has 0 N–H and O–H groups in total. The van der Waals surface area contributed by atoms with Crippen molar-refractivity contribution in [2.45, 2.75) is 19.4 Å². The Bertz CT molecular complexity index is 582. The van der Waals surface area contributed by atoms with Gasteiger partial charge in [0.05, 0.1) is 7.11 Å². The van der Waals surface area contributed by atoms with Crippen molar-refractivity contribution >= 4 is 22.8 Å². The van der Waals surface area contributed by atoms with Crippen molar-refractivity contribution in [3.8, 4) is 5.88 Å². The van der Waals surface area contributed by atoms with E-state index in [1.165, 1.54) is 0 Å². The van der Waals surface area contributed by atoms with Gasteiger partial charge in [-0.15, -0.1) is 11.6 Å². The van der Waals surface area contributed by atoms with Crippen LogP contribution in [0.2, 0.25) is 0 Å². The predicted octanol–water partition coefficient (Wildman–Crippen LogP) is 2.34. The molecule has 2 rings (SSSR count). The van der Waals surface area contributed by atoms with Crippen molar-refractivity contribution in [3.63, 3.8) is 0 Å². The van der Waals surface area contributed by atoms with Crippen LogP contribution in [-0.4, -0.2) is 53.1 Å². The van der Waals surface area contributed by atoms with Crippen LogP contribution in [0.3, 0.4) is 0 Å². The number of alkyl halides is 1. The highest BCUT2D eigenvalue weighted by Crippen LogP contribution is 2.23. The van der Waals surface area contributed by atoms with E-state index in [2.05, 4.69) is 40.5 Å². The van der Waals surface area contributed by atoms with Crippen molar-refractivity contribution in [3.05, 3.63) is 18.0 Å². The molecule has 2 aromatic rings. The molecule has 0 aliphatic carbocycles. The molecule has 2 aromatic heterocycles. The second-order valence-corrected chi connectivity index (χ2v) is 5.52. The second kappa shape index (κ2) is 6.41. The lowest BCUT2D eigenvalue weighted by Crippen LogP contribution is -2.24. The number of fused-ring (bicyclic) bond motifs is 1. The Balaban J connectivity index is 2.53. The maximum absolute atomic E-state index is 5.90. The fourth-order valence-corrected chi connectivity index (χ4v) is 2.62. The molecule has 0 saturated carbocycles. The normalized spacial score (nSPS) is 13.1. The number of methoxy groups -OCH3 is 1. The summed E-state index contributed by atoms with van der Waals surface area (Å²) >= 11 is 5.90. The molecule has 0 aromatic carbocycles. The largest absolute Gasteiger partial charge is 0.481 e. The van der Waals surface area contributed by atoms with Gasteiger partial charge in [0.15, 0.2) is 5.65 Å². The van der Waals surface area contributed by atoms with Crippen LogP contribution in [0.4, 0.5) is 0 Å². The highest BCUT2D eigenvalue weighted by atomic mass is 35.5. The van der Waals surface area contributed by atoms with E-state index < -0.39 is 0 Å². The Hall–Kier alpha value is -1.33. The molecule has 0 amide bonds. The quantitative estimate of drug-likeness (QED) is 0.768. The van der Waals surface area contributed by atoms with Gasteiger partial charge in [0, 0.05) is 31.0 Å². The first kappa shape index (κ1) is 15.1. The Morgan fingerprint density at radius 1 is 1.35 bits per heavy atom. The van der Waals surface area contributed by atoms with Crippen LogP contribution < -0.4 is 4.74 Å². The number of halogens is 1. The van der Waals surface area contributed by atoms with Gasteiger partial charge in [-0.05, 0) is 27.1 Å². The average Bonchev–Trinajstić information content (AvgIpc) is 2.75. The lowest BCUT2D eigenvalue weighted by molar-refractivity contribution is 0.335. The first-order chi connectivity index (χ1) is 9.56. The number of ether oxygens (including phenoxy) is 1. The third-order valence-corrected chi connectivity index (χ3v) is 3.37. The second-order valence-electron chi connectivity index (χ2n) is 5.14. The van der Waals surface area contributed by atoms with E-state index in [4.69, 9.17) is 16.3 Å². The number of rotatable bonds is 6. The van der Waals surface area contributed by atoms with E-state index >= 15 is 0 Å². The lowest BCUT2D eigenvalue weighted by atomic mass is 10.3. The number of pyridine rings is 1. The zero-order valence-electron chi connectivity index (χ0n) is 12.4. The molecule has 0 bridgehead atoms. The van der Waals surface area contributed by atoms with Crippen LogP contribution in [0, 0.1) is 0 Å². The summed E-state index contributed by atoms with van der Waals surface area (Å²) in [7, 11) is 5.74. The van der Waals surface area contributed by atoms with Gasteiger partial charge in [0.2, 0.25) is 5.88 Å². The van der Waals surface area contributed by atoms with Crippen molar-refractivity contribution < 1.29 is 4.74 Å². The van der Waals surface area contributed by atoms with E-state index in [1.54, 1.807) is 7.11 Å². The number of imidazole rings is 1. The smallest absolute Gasteiger partial charge is 0.215 e. The first-order valence-electron chi connectivity index (χ1n) is 6.69. The monoisotopic (exact) mass is 296 g/mol. The molecule has 0 radical (unpaired) electrons. The third-order valence-electron chi connectivity index (χ3n) is 3.18. The van der Waals surface area contributed by atoms with Gasteiger partial charge >= 0.3 is 0 Å². The standard InChI is InChI=1S/C14H21ClN4O/c1-10(9-18(2)3)19-12(7-8-15)16-11-5-6-13(20-4)17-14(11)19/h5-6,10H,7-9H2,1-4H3. The van der Waals surface area contributed by atoms with E-state index in [9.17, 15) is 0 Å². The van der Waals surface area contributed by atoms with E-state index in [-0.39, 0.29) is 6.04 Å². The summed E-state index contributed by atoms with van der Waals surface area (Å²) in [5.41, 5.74) is 1.75.